The summed E-state index contributed by atoms with van der Waals surface area (Å²) in [4.78, 5) is 22.6. The summed E-state index contributed by atoms with van der Waals surface area (Å²) in [6.07, 6.45) is 0.0695. The third kappa shape index (κ3) is 3.62. The van der Waals surface area contributed by atoms with Gasteiger partial charge in [-0.05, 0) is 24.4 Å². The number of aromatic carboxylic acids is 1. The molecule has 0 aliphatic rings. The van der Waals surface area contributed by atoms with Crippen LogP contribution < -0.4 is 5.32 Å². The lowest BCUT2D eigenvalue weighted by atomic mass is 10.2. The Labute approximate surface area is 134 Å². The van der Waals surface area contributed by atoms with Crippen LogP contribution in [0.25, 0.3) is 0 Å². The number of hydrogen-bond donors (Lipinski definition) is 4. The number of rotatable bonds is 5. The SMILES string of the molecule is O=C(CCn1c(O)csc1=S)Nc1ccc(C(=O)O)c(O)c1. The number of nitrogens with zero attached hydrogens (tertiary/aromatic N) is 1. The van der Waals surface area contributed by atoms with E-state index in [1.807, 2.05) is 0 Å². The predicted molar refractivity (Wildman–Crippen MR) is 83.1 cm³/mol. The Balaban J connectivity index is 1.99. The molecule has 0 unspecified atom stereocenters. The molecule has 2 aromatic rings. The Kier molecular flexibility index (Phi) is 4.78. The first-order valence-electron chi connectivity index (χ1n) is 6.12. The van der Waals surface area contributed by atoms with E-state index in [4.69, 9.17) is 17.3 Å². The Hall–Kier alpha value is -2.39. The molecule has 1 heterocycles. The normalized spacial score (nSPS) is 10.4. The molecule has 22 heavy (non-hydrogen) atoms. The van der Waals surface area contributed by atoms with Gasteiger partial charge in [-0.15, -0.1) is 11.3 Å². The molecule has 0 bridgehead atoms. The number of aromatic nitrogens is 1. The zero-order valence-corrected chi connectivity index (χ0v) is 12.8. The highest BCUT2D eigenvalue weighted by atomic mass is 32.1. The van der Waals surface area contributed by atoms with Crippen molar-refractivity contribution >= 4 is 41.1 Å². The number of nitrogens with one attached hydrogen (secondary N) is 1. The zero-order chi connectivity index (χ0) is 16.3. The number of phenols is 1. The van der Waals surface area contributed by atoms with Crippen molar-refractivity contribution in [1.82, 2.24) is 4.57 Å². The minimum atomic E-state index is -1.25. The van der Waals surface area contributed by atoms with Gasteiger partial charge >= 0.3 is 5.97 Å². The Morgan fingerprint density at radius 3 is 2.59 bits per heavy atom. The van der Waals surface area contributed by atoms with Crippen molar-refractivity contribution in [3.8, 4) is 11.6 Å². The van der Waals surface area contributed by atoms with Crippen molar-refractivity contribution in [2.75, 3.05) is 5.32 Å². The predicted octanol–water partition coefficient (Wildman–Crippen LogP) is 2.42. The zero-order valence-electron chi connectivity index (χ0n) is 11.1. The molecule has 0 atom stereocenters. The smallest absolute Gasteiger partial charge is 0.339 e. The molecule has 116 valence electrons. The van der Waals surface area contributed by atoms with Gasteiger partial charge in [0.1, 0.15) is 11.3 Å². The fraction of sp³-hybridized carbons (Fsp3) is 0.154. The first kappa shape index (κ1) is 16.0. The summed E-state index contributed by atoms with van der Waals surface area (Å²) in [6.45, 7) is 0.221. The minimum absolute atomic E-state index is 0.00579. The summed E-state index contributed by atoms with van der Waals surface area (Å²) >= 11 is 6.21. The molecule has 1 aromatic carbocycles. The van der Waals surface area contributed by atoms with Gasteiger partial charge in [-0.2, -0.15) is 0 Å². The number of carbonyl (C=O) groups excluding carboxylic acids is 1. The summed E-state index contributed by atoms with van der Waals surface area (Å²) in [5, 5.41) is 31.9. The van der Waals surface area contributed by atoms with Crippen LogP contribution in [-0.4, -0.2) is 31.8 Å². The number of anilines is 1. The molecule has 0 saturated heterocycles. The molecular formula is C13H12N2O5S2. The highest BCUT2D eigenvalue weighted by Crippen LogP contribution is 2.22. The lowest BCUT2D eigenvalue weighted by molar-refractivity contribution is -0.116. The molecule has 1 amide bonds. The van der Waals surface area contributed by atoms with Gasteiger partial charge in [-0.1, -0.05) is 0 Å². The van der Waals surface area contributed by atoms with E-state index in [1.165, 1.54) is 33.4 Å². The van der Waals surface area contributed by atoms with Crippen LogP contribution in [0.15, 0.2) is 23.6 Å². The van der Waals surface area contributed by atoms with E-state index in [2.05, 4.69) is 5.32 Å². The molecule has 0 aliphatic heterocycles. The van der Waals surface area contributed by atoms with Crippen LogP contribution in [0.4, 0.5) is 5.69 Å². The van der Waals surface area contributed by atoms with Crippen molar-refractivity contribution < 1.29 is 24.9 Å². The number of carbonyl (C=O) groups is 2. The second-order valence-electron chi connectivity index (χ2n) is 4.35. The topological polar surface area (TPSA) is 112 Å². The maximum absolute atomic E-state index is 11.8. The van der Waals surface area contributed by atoms with Gasteiger partial charge < -0.3 is 20.6 Å². The number of amides is 1. The third-order valence-corrected chi connectivity index (χ3v) is 4.10. The fourth-order valence-electron chi connectivity index (χ4n) is 1.76. The molecule has 2 rings (SSSR count). The van der Waals surface area contributed by atoms with E-state index >= 15 is 0 Å². The Morgan fingerprint density at radius 1 is 1.32 bits per heavy atom. The number of thiazole rings is 1. The summed E-state index contributed by atoms with van der Waals surface area (Å²) in [7, 11) is 0. The molecule has 4 N–H and O–H groups in total. The average Bonchev–Trinajstić information content (AvgIpc) is 2.75. The van der Waals surface area contributed by atoms with Crippen molar-refractivity contribution in [3.63, 3.8) is 0 Å². The van der Waals surface area contributed by atoms with Crippen LogP contribution in [0.1, 0.15) is 16.8 Å². The third-order valence-electron chi connectivity index (χ3n) is 2.84. The quantitative estimate of drug-likeness (QED) is 0.622. The van der Waals surface area contributed by atoms with E-state index < -0.39 is 11.7 Å². The molecule has 7 nitrogen and oxygen atoms in total. The van der Waals surface area contributed by atoms with Gasteiger partial charge in [0, 0.05) is 24.7 Å². The van der Waals surface area contributed by atoms with Crippen LogP contribution >= 0.6 is 23.6 Å². The van der Waals surface area contributed by atoms with E-state index in [-0.39, 0.29) is 36.0 Å². The molecule has 0 aliphatic carbocycles. The summed E-state index contributed by atoms with van der Waals surface area (Å²) in [6, 6.07) is 3.75. The average molecular weight is 340 g/mol. The standard InChI is InChI=1S/C13H12N2O5S2/c16-9-5-7(1-2-8(9)12(19)20)14-10(17)3-4-15-11(18)6-22-13(15)21/h1-2,5-6,16,18H,3-4H2,(H,14,17)(H,19,20). The molecule has 1 aromatic heterocycles. The van der Waals surface area contributed by atoms with Crippen molar-refractivity contribution in [1.29, 1.82) is 0 Å². The number of benzene rings is 1. The van der Waals surface area contributed by atoms with Crippen molar-refractivity contribution in [3.05, 3.63) is 33.1 Å². The fourth-order valence-corrected chi connectivity index (χ4v) is 2.73. The highest BCUT2D eigenvalue weighted by molar-refractivity contribution is 7.73. The van der Waals surface area contributed by atoms with Crippen molar-refractivity contribution in [2.24, 2.45) is 0 Å². The van der Waals surface area contributed by atoms with Gasteiger partial charge in [0.05, 0.1) is 5.38 Å². The summed E-state index contributed by atoms with van der Waals surface area (Å²) in [5.41, 5.74) is 0.0399. The highest BCUT2D eigenvalue weighted by Gasteiger charge is 2.11. The number of carboxylic acid groups (broad SMARTS) is 1. The van der Waals surface area contributed by atoms with Crippen LogP contribution in [0, 0.1) is 3.95 Å². The van der Waals surface area contributed by atoms with Gasteiger partial charge in [-0.25, -0.2) is 4.79 Å². The molecular weight excluding hydrogens is 328 g/mol. The van der Waals surface area contributed by atoms with Crippen LogP contribution in [-0.2, 0) is 11.3 Å². The maximum Gasteiger partial charge on any atom is 0.339 e. The summed E-state index contributed by atoms with van der Waals surface area (Å²) < 4.78 is 1.90. The van der Waals surface area contributed by atoms with Crippen LogP contribution in [0.2, 0.25) is 0 Å². The van der Waals surface area contributed by atoms with E-state index in [9.17, 15) is 19.8 Å². The first-order chi connectivity index (χ1) is 10.4. The lowest BCUT2D eigenvalue weighted by Gasteiger charge is -2.08. The second kappa shape index (κ2) is 6.58. The Morgan fingerprint density at radius 2 is 2.05 bits per heavy atom. The van der Waals surface area contributed by atoms with Gasteiger partial charge in [-0.3, -0.25) is 9.36 Å². The first-order valence-corrected chi connectivity index (χ1v) is 7.40. The van der Waals surface area contributed by atoms with Crippen LogP contribution in [0.3, 0.4) is 0 Å². The maximum atomic E-state index is 11.8. The lowest BCUT2D eigenvalue weighted by Crippen LogP contribution is -2.14. The monoisotopic (exact) mass is 340 g/mol. The van der Waals surface area contributed by atoms with E-state index in [0.29, 0.717) is 3.95 Å². The van der Waals surface area contributed by atoms with Crippen LogP contribution in [0.5, 0.6) is 11.6 Å². The van der Waals surface area contributed by atoms with E-state index in [0.717, 1.165) is 6.07 Å². The number of aromatic hydroxyl groups is 2. The number of carboxylic acids is 1. The van der Waals surface area contributed by atoms with E-state index in [1.54, 1.807) is 0 Å². The van der Waals surface area contributed by atoms with Gasteiger partial charge in [0.25, 0.3) is 0 Å². The minimum Gasteiger partial charge on any atom is -0.507 e. The molecule has 0 saturated carbocycles. The molecule has 9 heteroatoms. The molecule has 0 fully saturated rings. The second-order valence-corrected chi connectivity index (χ2v) is 5.85. The molecule has 0 spiro atoms. The van der Waals surface area contributed by atoms with Gasteiger partial charge in [0.2, 0.25) is 11.8 Å². The largest absolute Gasteiger partial charge is 0.507 e. The van der Waals surface area contributed by atoms with Crippen molar-refractivity contribution in [2.45, 2.75) is 13.0 Å². The number of hydrogen-bond acceptors (Lipinski definition) is 6. The van der Waals surface area contributed by atoms with Gasteiger partial charge in [0.15, 0.2) is 3.95 Å². The Bertz CT molecular complexity index is 781. The molecule has 0 radical (unpaired) electrons. The summed E-state index contributed by atoms with van der Waals surface area (Å²) in [5.74, 6) is -2.03.